The van der Waals surface area contributed by atoms with Gasteiger partial charge in [0.25, 0.3) is 0 Å². The minimum Gasteiger partial charge on any atom is -0.247 e. The first kappa shape index (κ1) is 12.7. The molecule has 0 amide bonds. The second-order valence-corrected chi connectivity index (χ2v) is 6.43. The third-order valence-corrected chi connectivity index (χ3v) is 5.12. The number of rotatable bonds is 2. The number of para-hydroxylation sites is 2. The molecule has 98 valence electrons. The van der Waals surface area contributed by atoms with E-state index in [-0.39, 0.29) is 0 Å². The summed E-state index contributed by atoms with van der Waals surface area (Å²) >= 11 is 0. The van der Waals surface area contributed by atoms with Gasteiger partial charge >= 0.3 is 0 Å². The number of fused-ring (bicyclic) bond motifs is 2. The Labute approximate surface area is 113 Å². The number of hydrogen-bond acceptors (Lipinski definition) is 5. The fraction of sp³-hybridized carbons (Fsp3) is 0. The van der Waals surface area contributed by atoms with Crippen molar-refractivity contribution in [3.8, 4) is 0 Å². The van der Waals surface area contributed by atoms with Crippen LogP contribution in [0.4, 0.5) is 5.69 Å². The van der Waals surface area contributed by atoms with Crippen molar-refractivity contribution in [1.29, 1.82) is 0 Å². The predicted octanol–water partition coefficient (Wildman–Crippen LogP) is -0.641. The van der Waals surface area contributed by atoms with Gasteiger partial charge < -0.3 is 0 Å². The normalized spacial score (nSPS) is 17.3. The molecule has 2 aromatic carbocycles. The number of benzene rings is 2. The van der Waals surface area contributed by atoms with E-state index in [2.05, 4.69) is 8.73 Å². The van der Waals surface area contributed by atoms with Gasteiger partial charge in [0.2, 0.25) is 0 Å². The fourth-order valence-electron chi connectivity index (χ4n) is 1.81. The van der Waals surface area contributed by atoms with Crippen LogP contribution in [0, 0.1) is 14.8 Å². The van der Waals surface area contributed by atoms with E-state index in [1.807, 2.05) is 0 Å². The van der Waals surface area contributed by atoms with Crippen molar-refractivity contribution in [2.24, 2.45) is 4.99 Å². The van der Waals surface area contributed by atoms with Gasteiger partial charge in [-0.3, -0.25) is 0 Å². The molecule has 0 spiro atoms. The summed E-state index contributed by atoms with van der Waals surface area (Å²) < 4.78 is 37.9. The van der Waals surface area contributed by atoms with Gasteiger partial charge in [-0.2, -0.15) is 14.0 Å². The zero-order valence-corrected chi connectivity index (χ0v) is 11.1. The molecule has 0 N–H and O–H groups in total. The maximum atomic E-state index is 10.9. The third-order valence-electron chi connectivity index (χ3n) is 2.51. The average molecular weight is 298 g/mol. The predicted molar refractivity (Wildman–Crippen MR) is 59.5 cm³/mol. The second-order valence-electron chi connectivity index (χ2n) is 3.76. The van der Waals surface area contributed by atoms with E-state index >= 15 is 0 Å². The number of nitrogens with zero attached hydrogens (tertiary/aromatic N) is 1. The van der Waals surface area contributed by atoms with Gasteiger partial charge in [-0.25, -0.2) is 4.99 Å². The van der Waals surface area contributed by atoms with Crippen LogP contribution < -0.4 is 19.3 Å². The molecule has 19 heavy (non-hydrogen) atoms. The Hall–Kier alpha value is -1.28. The van der Waals surface area contributed by atoms with Crippen LogP contribution in [0.25, 0.3) is 0 Å². The molecule has 0 aliphatic carbocycles. The van der Waals surface area contributed by atoms with Crippen LogP contribution in [-0.2, 0) is 3.74 Å². The molecule has 0 aromatic heterocycles. The molecule has 1 aliphatic heterocycles. The summed E-state index contributed by atoms with van der Waals surface area (Å²) in [5, 5.41) is 0.614. The Bertz CT molecular complexity index is 757. The van der Waals surface area contributed by atoms with E-state index in [4.69, 9.17) is 0 Å². The average Bonchev–Trinajstić information content (AvgIpc) is 2.37. The Morgan fingerprint density at radius 3 is 2.42 bits per heavy atom. The lowest BCUT2D eigenvalue weighted by Crippen LogP contribution is -2.60. The molecule has 2 aromatic rings. The molecular weight excluding hydrogens is 290 g/mol. The van der Waals surface area contributed by atoms with E-state index < -0.39 is 21.0 Å². The van der Waals surface area contributed by atoms with Crippen LogP contribution in [-0.4, -0.2) is 0 Å². The highest BCUT2D eigenvalue weighted by Gasteiger charge is 2.27. The van der Waals surface area contributed by atoms with E-state index in [0.29, 0.717) is 20.5 Å². The first-order valence-electron chi connectivity index (χ1n) is 5.29. The standard InChI is InChI=1S/C12H8ClNO4S/c15-13(16,17)18-19-11-7-3-1-5-9(11)14-10-6-2-4-8-12(10)19/h1-8H. The second kappa shape index (κ2) is 4.68. The van der Waals surface area contributed by atoms with Crippen molar-refractivity contribution in [2.45, 2.75) is 4.90 Å². The summed E-state index contributed by atoms with van der Waals surface area (Å²) in [5.41, 5.74) is 0.614. The first-order valence-corrected chi connectivity index (χ1v) is 7.68. The smallest absolute Gasteiger partial charge is 0.151 e. The zero-order chi connectivity index (χ0) is 13.5. The quantitative estimate of drug-likeness (QED) is 0.689. The molecule has 1 unspecified atom stereocenters. The number of halogens is 1. The van der Waals surface area contributed by atoms with Gasteiger partial charge in [0.05, 0.1) is 30.7 Å². The van der Waals surface area contributed by atoms with Crippen molar-refractivity contribution in [3.63, 3.8) is 0 Å². The van der Waals surface area contributed by atoms with E-state index in [1.54, 1.807) is 48.5 Å². The molecule has 0 fully saturated rings. The fourth-order valence-corrected chi connectivity index (χ4v) is 4.21. The Kier molecular flexibility index (Phi) is 3.14. The van der Waals surface area contributed by atoms with Crippen LogP contribution in [0.2, 0.25) is 0 Å². The van der Waals surface area contributed by atoms with Crippen molar-refractivity contribution in [2.75, 3.05) is 0 Å². The van der Waals surface area contributed by atoms with Crippen LogP contribution in [0.1, 0.15) is 0 Å². The third kappa shape index (κ3) is 2.55. The zero-order valence-electron chi connectivity index (χ0n) is 9.49. The monoisotopic (exact) mass is 297 g/mol. The highest BCUT2D eigenvalue weighted by atomic mass is 35.7. The highest BCUT2D eigenvalue weighted by molar-refractivity contribution is 8.05. The van der Waals surface area contributed by atoms with Gasteiger partial charge in [0, 0.05) is 0 Å². The number of hydrogen-bond donors (Lipinski definition) is 0. The largest absolute Gasteiger partial charge is 0.247 e. The summed E-state index contributed by atoms with van der Waals surface area (Å²) in [4.78, 5) is 5.01. The molecule has 1 heterocycles. The van der Waals surface area contributed by atoms with Gasteiger partial charge in [-0.05, 0) is 24.3 Å². The van der Waals surface area contributed by atoms with Gasteiger partial charge in [0.15, 0.2) is 10.8 Å². The molecule has 3 rings (SSSR count). The molecule has 7 heteroatoms. The molecular formula is C12H8ClNO4S. The Balaban J connectivity index is 2.33. The minimum absolute atomic E-state index is 0.591. The molecule has 0 bridgehead atoms. The SMILES string of the molecule is [O-][Cl+3]([O-])([O-])OS1=c2ccccc2=Nc2ccccc21. The van der Waals surface area contributed by atoms with Crippen LogP contribution >= 0.6 is 10.8 Å². The lowest BCUT2D eigenvalue weighted by atomic mass is 10.3. The minimum atomic E-state index is -4.50. The van der Waals surface area contributed by atoms with Gasteiger partial charge in [-0.1, -0.05) is 24.3 Å². The topological polar surface area (TPSA) is 90.8 Å². The van der Waals surface area contributed by atoms with Crippen molar-refractivity contribution in [1.82, 2.24) is 0 Å². The van der Waals surface area contributed by atoms with Crippen LogP contribution in [0.5, 0.6) is 0 Å². The molecule has 5 nitrogen and oxygen atoms in total. The van der Waals surface area contributed by atoms with Crippen molar-refractivity contribution in [3.05, 3.63) is 58.4 Å². The molecule has 1 atom stereocenters. The summed E-state index contributed by atoms with van der Waals surface area (Å²) in [6.07, 6.45) is 0. The van der Waals surface area contributed by atoms with Crippen LogP contribution in [0.15, 0.2) is 58.4 Å². The summed E-state index contributed by atoms with van der Waals surface area (Å²) in [5.74, 6) is 0. The van der Waals surface area contributed by atoms with Crippen LogP contribution in [0.3, 0.4) is 0 Å². The van der Waals surface area contributed by atoms with Gasteiger partial charge in [-0.15, -0.1) is 0 Å². The molecule has 0 radical (unpaired) electrons. The lowest BCUT2D eigenvalue weighted by Gasteiger charge is -2.16. The molecule has 1 aliphatic rings. The highest BCUT2D eigenvalue weighted by Crippen LogP contribution is 2.40. The van der Waals surface area contributed by atoms with E-state index in [0.717, 1.165) is 0 Å². The van der Waals surface area contributed by atoms with Crippen molar-refractivity contribution < 1.29 is 28.0 Å². The lowest BCUT2D eigenvalue weighted by molar-refractivity contribution is -1.91. The first-order chi connectivity index (χ1) is 9.04. The maximum Gasteiger partial charge on any atom is 0.151 e. The Morgan fingerprint density at radius 1 is 0.947 bits per heavy atom. The van der Waals surface area contributed by atoms with E-state index in [1.165, 1.54) is 0 Å². The molecule has 0 saturated carbocycles. The summed E-state index contributed by atoms with van der Waals surface area (Å²) in [6, 6.07) is 14.0. The summed E-state index contributed by atoms with van der Waals surface area (Å²) in [6.45, 7) is 0. The van der Waals surface area contributed by atoms with Gasteiger partial charge in [0.1, 0.15) is 3.74 Å². The Morgan fingerprint density at radius 2 is 1.63 bits per heavy atom. The van der Waals surface area contributed by atoms with E-state index in [9.17, 15) is 14.0 Å². The molecule has 0 saturated heterocycles. The maximum absolute atomic E-state index is 10.9. The summed E-state index contributed by atoms with van der Waals surface area (Å²) in [7, 11) is -5.77. The van der Waals surface area contributed by atoms with Crippen molar-refractivity contribution >= 4 is 16.5 Å².